The highest BCUT2D eigenvalue weighted by Gasteiger charge is 2.32. The molecule has 136 valence electrons. The summed E-state index contributed by atoms with van der Waals surface area (Å²) in [6.45, 7) is 3.49. The standard InChI is InChI=1S/C20H22N2O4/c1-13(23)15-10-16(21-12-15)20(24)22-7-2-4-17(22)14-5-6-18-19(11-14)26-9-3-8-25-18/h5-6,10-12,17,21H,2-4,7-9H2,1H3/t17-/m0/s1. The number of likely N-dealkylation sites (tertiary alicyclic amines) is 1. The number of ketones is 1. The molecule has 3 heterocycles. The summed E-state index contributed by atoms with van der Waals surface area (Å²) >= 11 is 0. The van der Waals surface area contributed by atoms with E-state index >= 15 is 0 Å². The highest BCUT2D eigenvalue weighted by atomic mass is 16.5. The Morgan fingerprint density at radius 2 is 1.92 bits per heavy atom. The summed E-state index contributed by atoms with van der Waals surface area (Å²) in [5.41, 5.74) is 2.04. The SMILES string of the molecule is CC(=O)c1c[nH]c(C(=O)N2CCC[C@H]2c2ccc3c(c2)OCCCO3)c1. The number of hydrogen-bond acceptors (Lipinski definition) is 4. The van der Waals surface area contributed by atoms with E-state index in [-0.39, 0.29) is 17.7 Å². The van der Waals surface area contributed by atoms with Crippen LogP contribution in [0.4, 0.5) is 0 Å². The van der Waals surface area contributed by atoms with Gasteiger partial charge in [0.05, 0.1) is 19.3 Å². The summed E-state index contributed by atoms with van der Waals surface area (Å²) < 4.78 is 11.5. The Balaban J connectivity index is 1.59. The van der Waals surface area contributed by atoms with Gasteiger partial charge in [0.15, 0.2) is 17.3 Å². The van der Waals surface area contributed by atoms with Gasteiger partial charge in [-0.05, 0) is 43.5 Å². The molecule has 1 saturated heterocycles. The molecule has 6 heteroatoms. The number of hydrogen-bond donors (Lipinski definition) is 1. The molecule has 2 aliphatic heterocycles. The summed E-state index contributed by atoms with van der Waals surface area (Å²) in [5.74, 6) is 1.38. The Morgan fingerprint density at radius 3 is 2.69 bits per heavy atom. The Morgan fingerprint density at radius 1 is 1.12 bits per heavy atom. The fraction of sp³-hybridized carbons (Fsp3) is 0.400. The number of carbonyl (C=O) groups excluding carboxylic acids is 2. The summed E-state index contributed by atoms with van der Waals surface area (Å²) in [6.07, 6.45) is 4.31. The molecular weight excluding hydrogens is 332 g/mol. The number of aromatic nitrogens is 1. The zero-order valence-corrected chi connectivity index (χ0v) is 14.8. The maximum absolute atomic E-state index is 12.9. The van der Waals surface area contributed by atoms with E-state index in [1.165, 1.54) is 6.92 Å². The van der Waals surface area contributed by atoms with E-state index in [9.17, 15) is 9.59 Å². The van der Waals surface area contributed by atoms with Crippen LogP contribution in [0.2, 0.25) is 0 Å². The minimum absolute atomic E-state index is 0.00345. The largest absolute Gasteiger partial charge is 0.490 e. The predicted molar refractivity (Wildman–Crippen MR) is 95.9 cm³/mol. The fourth-order valence-corrected chi connectivity index (χ4v) is 3.62. The number of rotatable bonds is 3. The lowest BCUT2D eigenvalue weighted by Crippen LogP contribution is -2.30. The third-order valence-corrected chi connectivity index (χ3v) is 4.99. The van der Waals surface area contributed by atoms with Gasteiger partial charge in [-0.1, -0.05) is 6.07 Å². The summed E-state index contributed by atoms with van der Waals surface area (Å²) in [6, 6.07) is 7.57. The lowest BCUT2D eigenvalue weighted by Gasteiger charge is -2.25. The molecule has 1 amide bonds. The van der Waals surface area contributed by atoms with Crippen LogP contribution in [-0.2, 0) is 0 Å². The molecule has 1 N–H and O–H groups in total. The van der Waals surface area contributed by atoms with Gasteiger partial charge in [0, 0.05) is 24.7 Å². The average Bonchev–Trinajstić information content (AvgIpc) is 3.26. The minimum Gasteiger partial charge on any atom is -0.490 e. The van der Waals surface area contributed by atoms with Crippen LogP contribution in [-0.4, -0.2) is 41.3 Å². The molecule has 4 rings (SSSR count). The molecule has 1 aromatic carbocycles. The van der Waals surface area contributed by atoms with Crippen molar-refractivity contribution in [3.05, 3.63) is 47.3 Å². The molecule has 0 spiro atoms. The third kappa shape index (κ3) is 3.07. The lowest BCUT2D eigenvalue weighted by molar-refractivity contribution is 0.0730. The molecule has 2 aromatic rings. The lowest BCUT2D eigenvalue weighted by atomic mass is 10.0. The normalized spacial score (nSPS) is 19.3. The van der Waals surface area contributed by atoms with Gasteiger partial charge < -0.3 is 19.4 Å². The first-order chi connectivity index (χ1) is 12.6. The summed E-state index contributed by atoms with van der Waals surface area (Å²) in [4.78, 5) is 29.2. The van der Waals surface area contributed by atoms with Crippen LogP contribution < -0.4 is 9.47 Å². The number of fused-ring (bicyclic) bond motifs is 1. The number of nitrogens with one attached hydrogen (secondary N) is 1. The number of nitrogens with zero attached hydrogens (tertiary/aromatic N) is 1. The number of amides is 1. The first-order valence-electron chi connectivity index (χ1n) is 9.03. The van der Waals surface area contributed by atoms with Crippen LogP contribution in [0, 0.1) is 0 Å². The number of Topliss-reactive ketones (excluding diaryl/α,β-unsaturated/α-hetero) is 1. The molecule has 1 atom stereocenters. The van der Waals surface area contributed by atoms with Crippen LogP contribution in [0.5, 0.6) is 11.5 Å². The molecule has 0 aliphatic carbocycles. The Kier molecular flexibility index (Phi) is 4.41. The van der Waals surface area contributed by atoms with E-state index in [0.29, 0.717) is 31.0 Å². The smallest absolute Gasteiger partial charge is 0.270 e. The maximum Gasteiger partial charge on any atom is 0.270 e. The molecule has 6 nitrogen and oxygen atoms in total. The number of aromatic amines is 1. The third-order valence-electron chi connectivity index (χ3n) is 4.99. The van der Waals surface area contributed by atoms with Crippen LogP contribution in [0.3, 0.4) is 0 Å². The van der Waals surface area contributed by atoms with Crippen molar-refractivity contribution in [1.29, 1.82) is 0 Å². The van der Waals surface area contributed by atoms with Gasteiger partial charge in [-0.25, -0.2) is 0 Å². The van der Waals surface area contributed by atoms with Gasteiger partial charge in [-0.2, -0.15) is 0 Å². The van der Waals surface area contributed by atoms with Gasteiger partial charge >= 0.3 is 0 Å². The quantitative estimate of drug-likeness (QED) is 0.858. The van der Waals surface area contributed by atoms with Gasteiger partial charge in [-0.15, -0.1) is 0 Å². The van der Waals surface area contributed by atoms with Crippen molar-refractivity contribution >= 4 is 11.7 Å². The second kappa shape index (κ2) is 6.86. The van der Waals surface area contributed by atoms with Crippen molar-refractivity contribution in [1.82, 2.24) is 9.88 Å². The van der Waals surface area contributed by atoms with Crippen LogP contribution >= 0.6 is 0 Å². The number of benzene rings is 1. The van der Waals surface area contributed by atoms with E-state index in [1.54, 1.807) is 12.3 Å². The molecule has 0 bridgehead atoms. The van der Waals surface area contributed by atoms with E-state index in [0.717, 1.165) is 36.3 Å². The molecule has 0 saturated carbocycles. The van der Waals surface area contributed by atoms with Gasteiger partial charge in [0.1, 0.15) is 5.69 Å². The van der Waals surface area contributed by atoms with E-state index < -0.39 is 0 Å². The molecule has 0 radical (unpaired) electrons. The number of H-pyrrole nitrogens is 1. The first kappa shape index (κ1) is 16.7. The zero-order chi connectivity index (χ0) is 18.1. The zero-order valence-electron chi connectivity index (χ0n) is 14.8. The van der Waals surface area contributed by atoms with Crippen molar-refractivity contribution in [3.8, 4) is 11.5 Å². The predicted octanol–water partition coefficient (Wildman–Crippen LogP) is 3.36. The van der Waals surface area contributed by atoms with Crippen LogP contribution in [0.25, 0.3) is 0 Å². The monoisotopic (exact) mass is 354 g/mol. The van der Waals surface area contributed by atoms with Crippen LogP contribution in [0.1, 0.15) is 58.6 Å². The van der Waals surface area contributed by atoms with E-state index in [2.05, 4.69) is 4.98 Å². The molecule has 2 aliphatic rings. The van der Waals surface area contributed by atoms with Crippen molar-refractivity contribution in [3.63, 3.8) is 0 Å². The fourth-order valence-electron chi connectivity index (χ4n) is 3.62. The summed E-state index contributed by atoms with van der Waals surface area (Å²) in [5, 5.41) is 0. The Bertz CT molecular complexity index is 842. The molecule has 1 aromatic heterocycles. The maximum atomic E-state index is 12.9. The van der Waals surface area contributed by atoms with Gasteiger partial charge in [0.2, 0.25) is 0 Å². The van der Waals surface area contributed by atoms with Crippen molar-refractivity contribution in [2.45, 2.75) is 32.2 Å². The Hall–Kier alpha value is -2.76. The number of ether oxygens (including phenoxy) is 2. The Labute approximate surface area is 152 Å². The van der Waals surface area contributed by atoms with Crippen molar-refractivity contribution < 1.29 is 19.1 Å². The highest BCUT2D eigenvalue weighted by Crippen LogP contribution is 2.38. The number of carbonyl (C=O) groups is 2. The van der Waals surface area contributed by atoms with Gasteiger partial charge in [-0.3, -0.25) is 9.59 Å². The summed E-state index contributed by atoms with van der Waals surface area (Å²) in [7, 11) is 0. The first-order valence-corrected chi connectivity index (χ1v) is 9.03. The highest BCUT2D eigenvalue weighted by molar-refractivity contribution is 5.99. The molecule has 0 unspecified atom stereocenters. The van der Waals surface area contributed by atoms with E-state index in [4.69, 9.17) is 9.47 Å². The average molecular weight is 354 g/mol. The second-order valence-electron chi connectivity index (χ2n) is 6.77. The van der Waals surface area contributed by atoms with E-state index in [1.807, 2.05) is 23.1 Å². The minimum atomic E-state index is -0.0767. The van der Waals surface area contributed by atoms with Crippen molar-refractivity contribution in [2.75, 3.05) is 19.8 Å². The molecule has 26 heavy (non-hydrogen) atoms. The topological polar surface area (TPSA) is 71.6 Å². The molecular formula is C20H22N2O4. The van der Waals surface area contributed by atoms with Crippen LogP contribution in [0.15, 0.2) is 30.5 Å². The van der Waals surface area contributed by atoms with Gasteiger partial charge in [0.25, 0.3) is 5.91 Å². The second-order valence-corrected chi connectivity index (χ2v) is 6.77. The van der Waals surface area contributed by atoms with Crippen molar-refractivity contribution in [2.24, 2.45) is 0 Å². The molecule has 1 fully saturated rings.